The van der Waals surface area contributed by atoms with Crippen molar-refractivity contribution in [3.05, 3.63) is 65.7 Å². The number of anilines is 1. The molecule has 0 fully saturated rings. The van der Waals surface area contributed by atoms with Crippen LogP contribution >= 0.6 is 0 Å². The monoisotopic (exact) mass is 322 g/mol. The summed E-state index contributed by atoms with van der Waals surface area (Å²) in [6, 6.07) is 19.3. The van der Waals surface area contributed by atoms with Gasteiger partial charge in [-0.15, -0.1) is 0 Å². The van der Waals surface area contributed by atoms with Gasteiger partial charge in [0, 0.05) is 17.2 Å². The molecule has 0 aromatic heterocycles. The van der Waals surface area contributed by atoms with E-state index in [1.165, 1.54) is 5.56 Å². The van der Waals surface area contributed by atoms with Crippen LogP contribution in [0.15, 0.2) is 54.6 Å². The Kier molecular flexibility index (Phi) is 6.11. The molecule has 2 atom stereocenters. The van der Waals surface area contributed by atoms with Crippen LogP contribution < -0.4 is 10.6 Å². The van der Waals surface area contributed by atoms with Crippen LogP contribution in [-0.2, 0) is 4.79 Å². The lowest BCUT2D eigenvalue weighted by Crippen LogP contribution is -2.93. The lowest BCUT2D eigenvalue weighted by molar-refractivity contribution is -0.718. The number of rotatable bonds is 6. The highest BCUT2D eigenvalue weighted by atomic mass is 16.2. The SMILES string of the molecule is CC(C)[C@H]([NH2+][C@H](C)C(=O)Nc1cccc(C#N)c1)c1ccccc1. The number of amides is 1. The first-order valence-corrected chi connectivity index (χ1v) is 8.22. The number of benzene rings is 2. The highest BCUT2D eigenvalue weighted by molar-refractivity contribution is 5.93. The standard InChI is InChI=1S/C20H23N3O/c1-14(2)19(17-9-5-4-6-10-17)22-15(3)20(24)23-18-11-7-8-16(12-18)13-21/h4-12,14-15,19,22H,1-3H3,(H,23,24)/p+1/t15-,19+/m1/s1. The Balaban J connectivity index is 2.05. The number of hydrogen-bond acceptors (Lipinski definition) is 2. The van der Waals surface area contributed by atoms with Crippen LogP contribution in [0.5, 0.6) is 0 Å². The zero-order valence-corrected chi connectivity index (χ0v) is 14.4. The van der Waals surface area contributed by atoms with Gasteiger partial charge in [0.15, 0.2) is 6.04 Å². The molecular weight excluding hydrogens is 298 g/mol. The van der Waals surface area contributed by atoms with Crippen molar-refractivity contribution in [2.24, 2.45) is 5.92 Å². The molecule has 3 N–H and O–H groups in total. The Hall–Kier alpha value is -2.64. The summed E-state index contributed by atoms with van der Waals surface area (Å²) >= 11 is 0. The molecule has 1 amide bonds. The lowest BCUT2D eigenvalue weighted by atomic mass is 9.95. The molecule has 4 heteroatoms. The van der Waals surface area contributed by atoms with Crippen molar-refractivity contribution in [2.45, 2.75) is 32.9 Å². The predicted octanol–water partition coefficient (Wildman–Crippen LogP) is 2.85. The zero-order chi connectivity index (χ0) is 17.5. The van der Waals surface area contributed by atoms with Gasteiger partial charge in [0.1, 0.15) is 6.04 Å². The average Bonchev–Trinajstić information content (AvgIpc) is 2.60. The number of carbonyl (C=O) groups excluding carboxylic acids is 1. The van der Waals surface area contributed by atoms with Crippen molar-refractivity contribution in [3.63, 3.8) is 0 Å². The van der Waals surface area contributed by atoms with Gasteiger partial charge < -0.3 is 10.6 Å². The van der Waals surface area contributed by atoms with E-state index >= 15 is 0 Å². The minimum Gasteiger partial charge on any atom is -0.330 e. The Morgan fingerprint density at radius 1 is 1.08 bits per heavy atom. The fourth-order valence-corrected chi connectivity index (χ4v) is 2.71. The van der Waals surface area contributed by atoms with Gasteiger partial charge in [-0.3, -0.25) is 4.79 Å². The molecule has 0 spiro atoms. The van der Waals surface area contributed by atoms with Crippen LogP contribution in [0.25, 0.3) is 0 Å². The smallest absolute Gasteiger partial charge is 0.282 e. The minimum atomic E-state index is -0.233. The average molecular weight is 322 g/mol. The molecule has 2 rings (SSSR count). The van der Waals surface area contributed by atoms with E-state index in [9.17, 15) is 4.79 Å². The van der Waals surface area contributed by atoms with E-state index in [0.717, 1.165) is 0 Å². The molecule has 2 aromatic carbocycles. The third kappa shape index (κ3) is 4.68. The van der Waals surface area contributed by atoms with Crippen LogP contribution in [0, 0.1) is 17.2 Å². The van der Waals surface area contributed by atoms with Crippen LogP contribution in [0.1, 0.15) is 37.9 Å². The third-order valence-corrected chi connectivity index (χ3v) is 4.07. The van der Waals surface area contributed by atoms with Crippen molar-refractivity contribution in [2.75, 3.05) is 5.32 Å². The summed E-state index contributed by atoms with van der Waals surface area (Å²) in [6.45, 7) is 6.23. The molecule has 24 heavy (non-hydrogen) atoms. The van der Waals surface area contributed by atoms with Crippen LogP contribution in [0.2, 0.25) is 0 Å². The fourth-order valence-electron chi connectivity index (χ4n) is 2.71. The second kappa shape index (κ2) is 8.28. The highest BCUT2D eigenvalue weighted by Gasteiger charge is 2.25. The third-order valence-electron chi connectivity index (χ3n) is 4.07. The van der Waals surface area contributed by atoms with E-state index in [4.69, 9.17) is 5.26 Å². The first-order chi connectivity index (χ1) is 11.5. The van der Waals surface area contributed by atoms with E-state index in [0.29, 0.717) is 17.2 Å². The normalized spacial score (nSPS) is 13.1. The largest absolute Gasteiger partial charge is 0.330 e. The van der Waals surface area contributed by atoms with Gasteiger partial charge in [0.2, 0.25) is 0 Å². The van der Waals surface area contributed by atoms with Crippen molar-refractivity contribution in [3.8, 4) is 6.07 Å². The molecule has 0 saturated heterocycles. The maximum Gasteiger partial charge on any atom is 0.282 e. The summed E-state index contributed by atoms with van der Waals surface area (Å²) < 4.78 is 0. The van der Waals surface area contributed by atoms with E-state index < -0.39 is 0 Å². The summed E-state index contributed by atoms with van der Waals surface area (Å²) in [5.74, 6) is 0.344. The molecule has 0 heterocycles. The van der Waals surface area contributed by atoms with Crippen molar-refractivity contribution < 1.29 is 10.1 Å². The van der Waals surface area contributed by atoms with Gasteiger partial charge in [-0.2, -0.15) is 5.26 Å². The summed E-state index contributed by atoms with van der Waals surface area (Å²) in [5, 5.41) is 13.9. The maximum absolute atomic E-state index is 12.5. The van der Waals surface area contributed by atoms with E-state index in [2.05, 4.69) is 42.7 Å². The quantitative estimate of drug-likeness (QED) is 0.858. The molecule has 0 saturated carbocycles. The number of nitrogens with zero attached hydrogens (tertiary/aromatic N) is 1. The van der Waals surface area contributed by atoms with E-state index in [1.807, 2.05) is 25.1 Å². The lowest BCUT2D eigenvalue weighted by Gasteiger charge is -2.23. The second-order valence-corrected chi connectivity index (χ2v) is 6.34. The van der Waals surface area contributed by atoms with Gasteiger partial charge in [0.25, 0.3) is 5.91 Å². The molecule has 0 unspecified atom stereocenters. The molecule has 0 aliphatic carbocycles. The number of nitriles is 1. The molecule has 0 radical (unpaired) electrons. The van der Waals surface area contributed by atoms with E-state index in [-0.39, 0.29) is 18.0 Å². The molecule has 124 valence electrons. The number of hydrogen-bond donors (Lipinski definition) is 2. The van der Waals surface area contributed by atoms with Gasteiger partial charge >= 0.3 is 0 Å². The first-order valence-electron chi connectivity index (χ1n) is 8.22. The van der Waals surface area contributed by atoms with Gasteiger partial charge in [-0.25, -0.2) is 0 Å². The molecule has 0 aliphatic heterocycles. The topological polar surface area (TPSA) is 69.5 Å². The van der Waals surface area contributed by atoms with Gasteiger partial charge in [-0.1, -0.05) is 50.2 Å². The molecule has 4 nitrogen and oxygen atoms in total. The molecule has 0 bridgehead atoms. The molecule has 2 aromatic rings. The fraction of sp³-hybridized carbons (Fsp3) is 0.300. The van der Waals surface area contributed by atoms with Crippen molar-refractivity contribution in [1.29, 1.82) is 5.26 Å². The van der Waals surface area contributed by atoms with E-state index in [1.54, 1.807) is 24.3 Å². The Morgan fingerprint density at radius 2 is 1.79 bits per heavy atom. The van der Waals surface area contributed by atoms with Crippen LogP contribution in [-0.4, -0.2) is 11.9 Å². The zero-order valence-electron chi connectivity index (χ0n) is 14.4. The second-order valence-electron chi connectivity index (χ2n) is 6.34. The number of nitrogens with one attached hydrogen (secondary N) is 1. The Labute approximate surface area is 143 Å². The van der Waals surface area contributed by atoms with Crippen molar-refractivity contribution in [1.82, 2.24) is 0 Å². The van der Waals surface area contributed by atoms with Crippen LogP contribution in [0.3, 0.4) is 0 Å². The maximum atomic E-state index is 12.5. The Bertz CT molecular complexity index is 719. The number of carbonyl (C=O) groups is 1. The number of nitrogens with two attached hydrogens (primary N) is 1. The van der Waals surface area contributed by atoms with Gasteiger partial charge in [0.05, 0.1) is 11.6 Å². The summed E-state index contributed by atoms with van der Waals surface area (Å²) in [7, 11) is 0. The van der Waals surface area contributed by atoms with Crippen molar-refractivity contribution >= 4 is 11.6 Å². The molecular formula is C20H24N3O+. The highest BCUT2D eigenvalue weighted by Crippen LogP contribution is 2.17. The Morgan fingerprint density at radius 3 is 2.42 bits per heavy atom. The minimum absolute atomic E-state index is 0.0633. The predicted molar refractivity (Wildman–Crippen MR) is 95.2 cm³/mol. The molecule has 0 aliphatic rings. The summed E-state index contributed by atoms with van der Waals surface area (Å²) in [6.07, 6.45) is 0. The number of quaternary nitrogens is 1. The summed E-state index contributed by atoms with van der Waals surface area (Å²) in [4.78, 5) is 12.5. The van der Waals surface area contributed by atoms with Gasteiger partial charge in [-0.05, 0) is 25.1 Å². The summed E-state index contributed by atoms with van der Waals surface area (Å²) in [5.41, 5.74) is 2.41. The van der Waals surface area contributed by atoms with Crippen LogP contribution in [0.4, 0.5) is 5.69 Å². The first kappa shape index (κ1) is 17.7.